The second kappa shape index (κ2) is 5.69. The molecule has 23 heavy (non-hydrogen) atoms. The average molecular weight is 308 g/mol. The third-order valence-corrected chi connectivity index (χ3v) is 3.26. The zero-order valence-corrected chi connectivity index (χ0v) is 11.7. The highest BCUT2D eigenvalue weighted by molar-refractivity contribution is 5.90. The van der Waals surface area contributed by atoms with Crippen LogP contribution in [-0.4, -0.2) is 14.9 Å². The molecule has 0 radical (unpaired) electrons. The summed E-state index contributed by atoms with van der Waals surface area (Å²) in [5.74, 6) is -0.376. The van der Waals surface area contributed by atoms with Crippen LogP contribution in [0.2, 0.25) is 0 Å². The highest BCUT2D eigenvalue weighted by atomic mass is 19.1. The van der Waals surface area contributed by atoms with Crippen molar-refractivity contribution in [2.75, 3.05) is 0 Å². The largest absolute Gasteiger partial charge is 0.337 e. The van der Waals surface area contributed by atoms with Gasteiger partial charge in [-0.15, -0.1) is 0 Å². The van der Waals surface area contributed by atoms with Gasteiger partial charge in [0, 0.05) is 17.7 Å². The van der Waals surface area contributed by atoms with Crippen LogP contribution >= 0.6 is 0 Å². The number of nitrogens with one attached hydrogen (secondary N) is 1. The van der Waals surface area contributed by atoms with Gasteiger partial charge in [0.05, 0.1) is 21.5 Å². The summed E-state index contributed by atoms with van der Waals surface area (Å²) in [4.78, 5) is 17.4. The number of nitro groups is 1. The van der Waals surface area contributed by atoms with Crippen molar-refractivity contribution in [3.05, 3.63) is 69.8 Å². The number of aromatic amines is 1. The molecule has 3 rings (SSSR count). The number of para-hydroxylation sites is 2. The maximum atomic E-state index is 13.8. The molecular formula is C16H9FN4O2. The fourth-order valence-corrected chi connectivity index (χ4v) is 2.14. The Morgan fingerprint density at radius 1 is 1.35 bits per heavy atom. The van der Waals surface area contributed by atoms with Gasteiger partial charge in [0.25, 0.3) is 5.69 Å². The highest BCUT2D eigenvalue weighted by Gasteiger charge is 2.12. The average Bonchev–Trinajstić information content (AvgIpc) is 2.97. The van der Waals surface area contributed by atoms with E-state index in [0.29, 0.717) is 5.52 Å². The van der Waals surface area contributed by atoms with Crippen molar-refractivity contribution in [2.24, 2.45) is 0 Å². The van der Waals surface area contributed by atoms with Gasteiger partial charge < -0.3 is 4.98 Å². The first-order valence-corrected chi connectivity index (χ1v) is 6.59. The molecule has 0 atom stereocenters. The number of nitriles is 1. The molecule has 0 saturated heterocycles. The lowest BCUT2D eigenvalue weighted by Crippen LogP contribution is -1.92. The van der Waals surface area contributed by atoms with E-state index in [1.54, 1.807) is 12.1 Å². The van der Waals surface area contributed by atoms with Gasteiger partial charge in [-0.2, -0.15) is 5.26 Å². The Kier molecular flexibility index (Phi) is 3.57. The molecule has 0 spiro atoms. The second-order valence-corrected chi connectivity index (χ2v) is 4.74. The minimum atomic E-state index is -0.653. The Balaban J connectivity index is 2.10. The molecule has 1 aromatic heterocycles. The number of hydrogen-bond donors (Lipinski definition) is 1. The zero-order valence-electron chi connectivity index (χ0n) is 11.7. The lowest BCUT2D eigenvalue weighted by molar-refractivity contribution is -0.384. The predicted molar refractivity (Wildman–Crippen MR) is 82.6 cm³/mol. The van der Waals surface area contributed by atoms with Gasteiger partial charge in [-0.3, -0.25) is 10.1 Å². The first-order chi connectivity index (χ1) is 11.1. The van der Waals surface area contributed by atoms with Gasteiger partial charge >= 0.3 is 0 Å². The Morgan fingerprint density at radius 3 is 2.83 bits per heavy atom. The number of allylic oxidation sites excluding steroid dienone is 1. The van der Waals surface area contributed by atoms with Crippen LogP contribution in [0.25, 0.3) is 22.7 Å². The van der Waals surface area contributed by atoms with Gasteiger partial charge in [-0.25, -0.2) is 9.37 Å². The molecule has 0 unspecified atom stereocenters. The maximum Gasteiger partial charge on any atom is 0.270 e. The Morgan fingerprint density at radius 2 is 2.13 bits per heavy atom. The molecule has 0 bridgehead atoms. The molecule has 7 heteroatoms. The van der Waals surface area contributed by atoms with E-state index in [1.807, 2.05) is 18.2 Å². The van der Waals surface area contributed by atoms with Gasteiger partial charge in [0.15, 0.2) is 0 Å². The van der Waals surface area contributed by atoms with Gasteiger partial charge in [0.2, 0.25) is 0 Å². The van der Waals surface area contributed by atoms with Gasteiger partial charge in [0.1, 0.15) is 17.7 Å². The number of nitro benzene ring substituents is 1. The van der Waals surface area contributed by atoms with Crippen molar-refractivity contribution in [1.82, 2.24) is 9.97 Å². The molecule has 1 heterocycles. The molecule has 0 fully saturated rings. The number of nitrogens with zero attached hydrogens (tertiary/aromatic N) is 3. The first-order valence-electron chi connectivity index (χ1n) is 6.59. The van der Waals surface area contributed by atoms with Crippen molar-refractivity contribution < 1.29 is 9.31 Å². The summed E-state index contributed by atoms with van der Waals surface area (Å²) < 4.78 is 13.8. The molecule has 0 aliphatic heterocycles. The van der Waals surface area contributed by atoms with Gasteiger partial charge in [-0.1, -0.05) is 12.1 Å². The smallest absolute Gasteiger partial charge is 0.270 e. The minimum absolute atomic E-state index is 0.0452. The van der Waals surface area contributed by atoms with Crippen molar-refractivity contribution in [1.29, 1.82) is 5.26 Å². The second-order valence-electron chi connectivity index (χ2n) is 4.74. The molecule has 2 aromatic carbocycles. The fourth-order valence-electron chi connectivity index (χ4n) is 2.14. The number of hydrogen-bond acceptors (Lipinski definition) is 4. The molecule has 0 aliphatic rings. The minimum Gasteiger partial charge on any atom is -0.337 e. The zero-order chi connectivity index (χ0) is 16.4. The van der Waals surface area contributed by atoms with Crippen LogP contribution in [0.3, 0.4) is 0 Å². The molecule has 3 aromatic rings. The van der Waals surface area contributed by atoms with E-state index in [1.165, 1.54) is 6.08 Å². The van der Waals surface area contributed by atoms with E-state index in [4.69, 9.17) is 0 Å². The van der Waals surface area contributed by atoms with E-state index in [0.717, 1.165) is 23.7 Å². The molecule has 0 amide bonds. The van der Waals surface area contributed by atoms with Crippen LogP contribution in [-0.2, 0) is 0 Å². The van der Waals surface area contributed by atoms with E-state index in [-0.39, 0.29) is 22.6 Å². The topological polar surface area (TPSA) is 95.6 Å². The van der Waals surface area contributed by atoms with E-state index in [2.05, 4.69) is 9.97 Å². The predicted octanol–water partition coefficient (Wildman–Crippen LogP) is 3.67. The van der Waals surface area contributed by atoms with Gasteiger partial charge in [-0.05, 0) is 24.3 Å². The SMILES string of the molecule is N#CC(=Cc1cc([N+](=O)[O-])ccc1F)c1nc2ccccc2[nH]1. The Labute approximate surface area is 129 Å². The van der Waals surface area contributed by atoms with Crippen LogP contribution in [0.4, 0.5) is 10.1 Å². The molecule has 1 N–H and O–H groups in total. The fraction of sp³-hybridized carbons (Fsp3) is 0. The normalized spacial score (nSPS) is 11.4. The van der Waals surface area contributed by atoms with Crippen molar-refractivity contribution in [2.45, 2.75) is 0 Å². The molecule has 112 valence electrons. The quantitative estimate of drug-likeness (QED) is 0.453. The number of rotatable bonds is 3. The summed E-state index contributed by atoms with van der Waals surface area (Å²) in [6.07, 6.45) is 1.24. The maximum absolute atomic E-state index is 13.8. The monoisotopic (exact) mass is 308 g/mol. The number of non-ortho nitro benzene ring substituents is 1. The van der Waals surface area contributed by atoms with Crippen molar-refractivity contribution >= 4 is 28.4 Å². The standard InChI is InChI=1S/C16H9FN4O2/c17-13-6-5-12(21(22)23)8-10(13)7-11(9-18)16-19-14-3-1-2-4-15(14)20-16/h1-8H,(H,19,20). The molecular weight excluding hydrogens is 299 g/mol. The molecule has 0 saturated carbocycles. The number of benzene rings is 2. The molecule has 6 nitrogen and oxygen atoms in total. The third kappa shape index (κ3) is 2.78. The summed E-state index contributed by atoms with van der Waals surface area (Å²) in [7, 11) is 0. The number of imidazole rings is 1. The number of aromatic nitrogens is 2. The Hall–Kier alpha value is -3.53. The summed E-state index contributed by atoms with van der Waals surface area (Å²) >= 11 is 0. The third-order valence-electron chi connectivity index (χ3n) is 3.26. The van der Waals surface area contributed by atoms with Crippen LogP contribution in [0.15, 0.2) is 42.5 Å². The Bertz CT molecular complexity index is 952. The van der Waals surface area contributed by atoms with E-state index in [9.17, 15) is 19.8 Å². The lowest BCUT2D eigenvalue weighted by Gasteiger charge is -1.99. The summed E-state index contributed by atoms with van der Waals surface area (Å²) in [5.41, 5.74) is 1.20. The van der Waals surface area contributed by atoms with Crippen molar-refractivity contribution in [3.63, 3.8) is 0 Å². The van der Waals surface area contributed by atoms with Crippen molar-refractivity contribution in [3.8, 4) is 6.07 Å². The molecule has 0 aliphatic carbocycles. The van der Waals surface area contributed by atoms with E-state index < -0.39 is 10.7 Å². The number of fused-ring (bicyclic) bond motifs is 1. The van der Waals surface area contributed by atoms with E-state index >= 15 is 0 Å². The summed E-state index contributed by atoms with van der Waals surface area (Å²) in [5, 5.41) is 20.1. The van der Waals surface area contributed by atoms with Crippen LogP contribution < -0.4 is 0 Å². The summed E-state index contributed by atoms with van der Waals surface area (Å²) in [6, 6.07) is 12.3. The van der Waals surface area contributed by atoms with Crippen LogP contribution in [0.5, 0.6) is 0 Å². The lowest BCUT2D eigenvalue weighted by atomic mass is 10.1. The number of H-pyrrole nitrogens is 1. The first kappa shape index (κ1) is 14.4. The summed E-state index contributed by atoms with van der Waals surface area (Å²) in [6.45, 7) is 0. The number of halogens is 1. The van der Waals surface area contributed by atoms with Crippen LogP contribution in [0.1, 0.15) is 11.4 Å². The van der Waals surface area contributed by atoms with Crippen LogP contribution in [0, 0.1) is 27.3 Å². The highest BCUT2D eigenvalue weighted by Crippen LogP contribution is 2.23.